The number of para-hydroxylation sites is 1. The van der Waals surface area contributed by atoms with Crippen molar-refractivity contribution < 1.29 is 9.59 Å². The fourth-order valence-corrected chi connectivity index (χ4v) is 4.65. The second-order valence-corrected chi connectivity index (χ2v) is 7.90. The van der Waals surface area contributed by atoms with E-state index in [0.29, 0.717) is 33.6 Å². The average molecular weight is 377 g/mol. The van der Waals surface area contributed by atoms with Gasteiger partial charge in [-0.1, -0.05) is 37.6 Å². The van der Waals surface area contributed by atoms with Crippen LogP contribution in [0.5, 0.6) is 0 Å². The number of nitrogens with one attached hydrogen (secondary N) is 2. The van der Waals surface area contributed by atoms with Crippen LogP contribution in [-0.2, 0) is 17.6 Å². The van der Waals surface area contributed by atoms with Crippen LogP contribution in [0.1, 0.15) is 47.5 Å². The van der Waals surface area contributed by atoms with Gasteiger partial charge in [-0.25, -0.2) is 0 Å². The highest BCUT2D eigenvalue weighted by atomic mass is 35.5. The van der Waals surface area contributed by atoms with E-state index in [2.05, 4.69) is 17.6 Å². The van der Waals surface area contributed by atoms with Crippen LogP contribution in [0.4, 0.5) is 10.7 Å². The van der Waals surface area contributed by atoms with E-state index in [1.165, 1.54) is 16.2 Å². The van der Waals surface area contributed by atoms with Crippen LogP contribution in [0, 0.1) is 5.92 Å². The summed E-state index contributed by atoms with van der Waals surface area (Å²) < 4.78 is 0. The van der Waals surface area contributed by atoms with Crippen molar-refractivity contribution >= 4 is 45.4 Å². The van der Waals surface area contributed by atoms with E-state index < -0.39 is 0 Å². The molecule has 1 aliphatic carbocycles. The molecular formula is C19H21ClN2O2S. The summed E-state index contributed by atoms with van der Waals surface area (Å²) in [6.45, 7) is 4.02. The number of hydrogen-bond acceptors (Lipinski definition) is 3. The number of hydrogen-bond donors (Lipinski definition) is 2. The van der Waals surface area contributed by atoms with E-state index in [0.717, 1.165) is 24.8 Å². The smallest absolute Gasteiger partial charge is 0.258 e. The number of anilines is 2. The second kappa shape index (κ2) is 7.58. The van der Waals surface area contributed by atoms with Crippen LogP contribution in [0.25, 0.3) is 0 Å². The molecule has 1 aromatic heterocycles. The lowest BCUT2D eigenvalue weighted by Gasteiger charge is -2.18. The molecule has 0 spiro atoms. The molecular weight excluding hydrogens is 356 g/mol. The Morgan fingerprint density at radius 3 is 2.76 bits per heavy atom. The Kier molecular flexibility index (Phi) is 5.45. The van der Waals surface area contributed by atoms with Crippen molar-refractivity contribution in [2.24, 2.45) is 5.92 Å². The molecule has 0 saturated carbocycles. The number of benzene rings is 1. The zero-order chi connectivity index (χ0) is 18.0. The lowest BCUT2D eigenvalue weighted by molar-refractivity contribution is -0.115. The molecule has 3 rings (SSSR count). The molecule has 1 aromatic carbocycles. The molecule has 25 heavy (non-hydrogen) atoms. The number of carbonyl (C=O) groups is 2. The first kappa shape index (κ1) is 18.0. The summed E-state index contributed by atoms with van der Waals surface area (Å²) in [6, 6.07) is 7.15. The molecule has 0 saturated heterocycles. The molecule has 0 unspecified atom stereocenters. The Balaban J connectivity index is 1.96. The summed E-state index contributed by atoms with van der Waals surface area (Å²) in [6.07, 6.45) is 3.25. The van der Waals surface area contributed by atoms with Gasteiger partial charge in [0.05, 0.1) is 16.3 Å². The predicted octanol–water partition coefficient (Wildman–Crippen LogP) is 5.13. The van der Waals surface area contributed by atoms with Gasteiger partial charge >= 0.3 is 0 Å². The highest BCUT2D eigenvalue weighted by molar-refractivity contribution is 7.17. The number of thiophene rings is 1. The topological polar surface area (TPSA) is 58.2 Å². The molecule has 2 N–H and O–H groups in total. The summed E-state index contributed by atoms with van der Waals surface area (Å²) in [7, 11) is 0. The zero-order valence-corrected chi connectivity index (χ0v) is 15.9. The SMILES string of the molecule is CCC(=O)Nc1sc2c(c1C(=O)Nc1ccccc1Cl)CC[C@@H](C)C2. The number of fused-ring (bicyclic) bond motifs is 1. The van der Waals surface area contributed by atoms with Gasteiger partial charge in [0.25, 0.3) is 5.91 Å². The van der Waals surface area contributed by atoms with Gasteiger partial charge in [-0.05, 0) is 42.9 Å². The van der Waals surface area contributed by atoms with Crippen molar-refractivity contribution in [2.75, 3.05) is 10.6 Å². The number of carbonyl (C=O) groups excluding carboxylic acids is 2. The quantitative estimate of drug-likeness (QED) is 0.777. The van der Waals surface area contributed by atoms with Crippen molar-refractivity contribution in [3.63, 3.8) is 0 Å². The molecule has 0 radical (unpaired) electrons. The van der Waals surface area contributed by atoms with Gasteiger partial charge in [-0.2, -0.15) is 0 Å². The summed E-state index contributed by atoms with van der Waals surface area (Å²) in [5.74, 6) is 0.297. The lowest BCUT2D eigenvalue weighted by atomic mass is 9.88. The van der Waals surface area contributed by atoms with Gasteiger partial charge in [-0.3, -0.25) is 9.59 Å². The Morgan fingerprint density at radius 1 is 1.28 bits per heavy atom. The minimum absolute atomic E-state index is 0.0848. The molecule has 2 amide bonds. The maximum atomic E-state index is 13.0. The minimum Gasteiger partial charge on any atom is -0.321 e. The standard InChI is InChI=1S/C19H21ClN2O2S/c1-3-16(23)22-19-17(12-9-8-11(2)10-15(12)25-19)18(24)21-14-7-5-4-6-13(14)20/h4-7,11H,3,8-10H2,1-2H3,(H,21,24)(H,22,23)/t11-/m1/s1. The Bertz CT molecular complexity index is 816. The minimum atomic E-state index is -0.216. The third-order valence-corrected chi connectivity index (χ3v) is 5.93. The molecule has 1 heterocycles. The molecule has 132 valence electrons. The number of halogens is 1. The number of rotatable bonds is 4. The maximum Gasteiger partial charge on any atom is 0.258 e. The van der Waals surface area contributed by atoms with Gasteiger partial charge < -0.3 is 10.6 Å². The van der Waals surface area contributed by atoms with Crippen LogP contribution in [0.3, 0.4) is 0 Å². The van der Waals surface area contributed by atoms with Crippen LogP contribution in [-0.4, -0.2) is 11.8 Å². The molecule has 0 fully saturated rings. The second-order valence-electron chi connectivity index (χ2n) is 6.39. The number of amides is 2. The maximum absolute atomic E-state index is 13.0. The first-order valence-corrected chi connectivity index (χ1v) is 9.69. The zero-order valence-electron chi connectivity index (χ0n) is 14.3. The summed E-state index contributed by atoms with van der Waals surface area (Å²) in [5, 5.41) is 6.93. The Hall–Kier alpha value is -1.85. The highest BCUT2D eigenvalue weighted by Crippen LogP contribution is 2.40. The van der Waals surface area contributed by atoms with E-state index in [4.69, 9.17) is 11.6 Å². The first-order chi connectivity index (χ1) is 12.0. The van der Waals surface area contributed by atoms with Crippen molar-refractivity contribution in [1.82, 2.24) is 0 Å². The van der Waals surface area contributed by atoms with E-state index in [1.54, 1.807) is 19.1 Å². The first-order valence-electron chi connectivity index (χ1n) is 8.49. The third-order valence-electron chi connectivity index (χ3n) is 4.43. The van der Waals surface area contributed by atoms with Crippen LogP contribution in [0.2, 0.25) is 5.02 Å². The van der Waals surface area contributed by atoms with E-state index in [9.17, 15) is 9.59 Å². The molecule has 6 heteroatoms. The van der Waals surface area contributed by atoms with Gasteiger partial charge in [0.2, 0.25) is 5.91 Å². The van der Waals surface area contributed by atoms with E-state index >= 15 is 0 Å². The van der Waals surface area contributed by atoms with Gasteiger partial charge in [0.15, 0.2) is 0 Å². The molecule has 4 nitrogen and oxygen atoms in total. The largest absolute Gasteiger partial charge is 0.321 e. The Labute approximate surface area is 156 Å². The third kappa shape index (κ3) is 3.88. The highest BCUT2D eigenvalue weighted by Gasteiger charge is 2.28. The van der Waals surface area contributed by atoms with Crippen molar-refractivity contribution in [1.29, 1.82) is 0 Å². The van der Waals surface area contributed by atoms with Gasteiger partial charge in [0, 0.05) is 11.3 Å². The molecule has 0 aliphatic heterocycles. The summed E-state index contributed by atoms with van der Waals surface area (Å²) in [4.78, 5) is 26.0. The monoisotopic (exact) mass is 376 g/mol. The van der Waals surface area contributed by atoms with Crippen molar-refractivity contribution in [3.8, 4) is 0 Å². The predicted molar refractivity (Wildman–Crippen MR) is 104 cm³/mol. The fraction of sp³-hybridized carbons (Fsp3) is 0.368. The molecule has 1 aliphatic rings. The van der Waals surface area contributed by atoms with Gasteiger partial charge in [0.1, 0.15) is 5.00 Å². The van der Waals surface area contributed by atoms with Crippen LogP contribution >= 0.6 is 22.9 Å². The van der Waals surface area contributed by atoms with Crippen molar-refractivity contribution in [3.05, 3.63) is 45.3 Å². The van der Waals surface area contributed by atoms with E-state index in [1.807, 2.05) is 12.1 Å². The van der Waals surface area contributed by atoms with E-state index in [-0.39, 0.29) is 11.8 Å². The van der Waals surface area contributed by atoms with Crippen LogP contribution < -0.4 is 10.6 Å². The normalized spacial score (nSPS) is 16.2. The fourth-order valence-electron chi connectivity index (χ4n) is 3.04. The van der Waals surface area contributed by atoms with Crippen LogP contribution in [0.15, 0.2) is 24.3 Å². The molecule has 0 bridgehead atoms. The lowest BCUT2D eigenvalue weighted by Crippen LogP contribution is -2.19. The molecule has 2 aromatic rings. The Morgan fingerprint density at radius 2 is 2.04 bits per heavy atom. The summed E-state index contributed by atoms with van der Waals surface area (Å²) >= 11 is 7.68. The van der Waals surface area contributed by atoms with Crippen molar-refractivity contribution in [2.45, 2.75) is 39.5 Å². The summed E-state index contributed by atoms with van der Waals surface area (Å²) in [5.41, 5.74) is 2.23. The van der Waals surface area contributed by atoms with Gasteiger partial charge in [-0.15, -0.1) is 11.3 Å². The molecule has 1 atom stereocenters. The average Bonchev–Trinajstić information content (AvgIpc) is 2.93.